The number of rotatable bonds is 5. The monoisotopic (exact) mass is 272 g/mol. The topological polar surface area (TPSA) is 43.4 Å². The Balaban J connectivity index is 2.18. The van der Waals surface area contributed by atoms with Crippen LogP contribution in [0.15, 0.2) is 36.7 Å². The van der Waals surface area contributed by atoms with Crippen LogP contribution < -0.4 is 14.8 Å². The van der Waals surface area contributed by atoms with Crippen LogP contribution in [0.5, 0.6) is 11.5 Å². The molecule has 1 unspecified atom stereocenters. The van der Waals surface area contributed by atoms with Gasteiger partial charge < -0.3 is 14.8 Å². The molecule has 0 aliphatic carbocycles. The van der Waals surface area contributed by atoms with Crippen molar-refractivity contribution in [3.63, 3.8) is 0 Å². The Bertz CT molecular complexity index is 584. The molecule has 0 radical (unpaired) electrons. The van der Waals surface area contributed by atoms with Gasteiger partial charge in [0.2, 0.25) is 0 Å². The van der Waals surface area contributed by atoms with E-state index in [9.17, 15) is 0 Å². The molecule has 1 heterocycles. The number of hydrogen-bond donors (Lipinski definition) is 1. The Morgan fingerprint density at radius 2 is 1.80 bits per heavy atom. The summed E-state index contributed by atoms with van der Waals surface area (Å²) in [6.45, 7) is 4.13. The van der Waals surface area contributed by atoms with Gasteiger partial charge in [-0.1, -0.05) is 6.07 Å². The Hall–Kier alpha value is -2.23. The molecule has 0 saturated carbocycles. The number of benzene rings is 1. The predicted octanol–water partition coefficient (Wildman–Crippen LogP) is 3.58. The second-order valence-electron chi connectivity index (χ2n) is 4.73. The van der Waals surface area contributed by atoms with Crippen molar-refractivity contribution in [3.8, 4) is 11.5 Å². The van der Waals surface area contributed by atoms with E-state index in [1.54, 1.807) is 14.2 Å². The Morgan fingerprint density at radius 3 is 2.45 bits per heavy atom. The maximum Gasteiger partial charge on any atom is 0.161 e. The van der Waals surface area contributed by atoms with Crippen LogP contribution in [0.25, 0.3) is 0 Å². The summed E-state index contributed by atoms with van der Waals surface area (Å²) >= 11 is 0. The molecular formula is C16H20N2O2. The average molecular weight is 272 g/mol. The molecule has 1 atom stereocenters. The van der Waals surface area contributed by atoms with Crippen LogP contribution in [-0.2, 0) is 0 Å². The summed E-state index contributed by atoms with van der Waals surface area (Å²) < 4.78 is 10.6. The predicted molar refractivity (Wildman–Crippen MR) is 80.6 cm³/mol. The molecule has 1 aromatic heterocycles. The fraction of sp³-hybridized carbons (Fsp3) is 0.312. The zero-order valence-electron chi connectivity index (χ0n) is 12.3. The molecule has 0 amide bonds. The van der Waals surface area contributed by atoms with Crippen LogP contribution in [0.4, 0.5) is 5.69 Å². The van der Waals surface area contributed by atoms with Crippen molar-refractivity contribution in [1.82, 2.24) is 4.98 Å². The normalized spacial score (nSPS) is 11.8. The standard InChI is InChI=1S/C16H20N2O2/c1-11-7-14(10-17-9-11)18-12(2)13-5-6-15(19-3)16(8-13)20-4/h5-10,12,18H,1-4H3. The molecule has 20 heavy (non-hydrogen) atoms. The smallest absolute Gasteiger partial charge is 0.161 e. The number of anilines is 1. The highest BCUT2D eigenvalue weighted by molar-refractivity contribution is 5.48. The van der Waals surface area contributed by atoms with Crippen LogP contribution in [0.1, 0.15) is 24.1 Å². The highest BCUT2D eigenvalue weighted by Crippen LogP contribution is 2.30. The van der Waals surface area contributed by atoms with E-state index in [0.717, 1.165) is 28.3 Å². The summed E-state index contributed by atoms with van der Waals surface area (Å²) in [4.78, 5) is 4.18. The second kappa shape index (κ2) is 6.28. The van der Waals surface area contributed by atoms with E-state index in [1.165, 1.54) is 0 Å². The summed E-state index contributed by atoms with van der Waals surface area (Å²) in [7, 11) is 3.28. The van der Waals surface area contributed by atoms with Gasteiger partial charge in [0.25, 0.3) is 0 Å². The number of aromatic nitrogens is 1. The van der Waals surface area contributed by atoms with Gasteiger partial charge in [-0.2, -0.15) is 0 Å². The highest BCUT2D eigenvalue weighted by atomic mass is 16.5. The maximum absolute atomic E-state index is 5.33. The average Bonchev–Trinajstić information content (AvgIpc) is 2.46. The van der Waals surface area contributed by atoms with E-state index < -0.39 is 0 Å². The molecule has 0 saturated heterocycles. The summed E-state index contributed by atoms with van der Waals surface area (Å²) in [6.07, 6.45) is 3.66. The van der Waals surface area contributed by atoms with Crippen LogP contribution in [0.3, 0.4) is 0 Å². The van der Waals surface area contributed by atoms with Crippen LogP contribution in [-0.4, -0.2) is 19.2 Å². The number of ether oxygens (including phenoxy) is 2. The maximum atomic E-state index is 5.33. The van der Waals surface area contributed by atoms with Gasteiger partial charge in [0, 0.05) is 18.4 Å². The van der Waals surface area contributed by atoms with Gasteiger partial charge in [0.1, 0.15) is 0 Å². The fourth-order valence-electron chi connectivity index (χ4n) is 2.09. The third-order valence-corrected chi connectivity index (χ3v) is 3.17. The minimum atomic E-state index is 0.151. The zero-order chi connectivity index (χ0) is 14.5. The minimum Gasteiger partial charge on any atom is -0.493 e. The van der Waals surface area contributed by atoms with Gasteiger partial charge in [-0.25, -0.2) is 0 Å². The van der Waals surface area contributed by atoms with Crippen LogP contribution >= 0.6 is 0 Å². The molecule has 0 bridgehead atoms. The molecule has 2 aromatic rings. The van der Waals surface area contributed by atoms with Gasteiger partial charge in [-0.15, -0.1) is 0 Å². The first-order valence-electron chi connectivity index (χ1n) is 6.54. The SMILES string of the molecule is COc1ccc(C(C)Nc2cncc(C)c2)cc1OC. The number of pyridine rings is 1. The van der Waals surface area contributed by atoms with Gasteiger partial charge >= 0.3 is 0 Å². The summed E-state index contributed by atoms with van der Waals surface area (Å²) in [5.74, 6) is 1.47. The molecular weight excluding hydrogens is 252 g/mol. The molecule has 0 aliphatic rings. The molecule has 0 aliphatic heterocycles. The lowest BCUT2D eigenvalue weighted by atomic mass is 10.1. The lowest BCUT2D eigenvalue weighted by molar-refractivity contribution is 0.354. The van der Waals surface area contributed by atoms with E-state index in [2.05, 4.69) is 23.3 Å². The van der Waals surface area contributed by atoms with E-state index in [-0.39, 0.29) is 6.04 Å². The third-order valence-electron chi connectivity index (χ3n) is 3.17. The van der Waals surface area contributed by atoms with Gasteiger partial charge in [-0.05, 0) is 43.2 Å². The van der Waals surface area contributed by atoms with E-state index in [4.69, 9.17) is 9.47 Å². The van der Waals surface area contributed by atoms with Crippen molar-refractivity contribution in [3.05, 3.63) is 47.8 Å². The van der Waals surface area contributed by atoms with E-state index in [1.807, 2.05) is 37.5 Å². The van der Waals surface area contributed by atoms with Crippen molar-refractivity contribution in [2.75, 3.05) is 19.5 Å². The van der Waals surface area contributed by atoms with E-state index in [0.29, 0.717) is 0 Å². The molecule has 2 rings (SSSR count). The molecule has 4 heteroatoms. The van der Waals surface area contributed by atoms with Gasteiger partial charge in [-0.3, -0.25) is 4.98 Å². The van der Waals surface area contributed by atoms with Crippen LogP contribution in [0.2, 0.25) is 0 Å². The van der Waals surface area contributed by atoms with Crippen molar-refractivity contribution in [1.29, 1.82) is 0 Å². The van der Waals surface area contributed by atoms with Crippen molar-refractivity contribution in [2.45, 2.75) is 19.9 Å². The van der Waals surface area contributed by atoms with Gasteiger partial charge in [0.15, 0.2) is 11.5 Å². The summed E-state index contributed by atoms with van der Waals surface area (Å²) in [5.41, 5.74) is 3.27. The molecule has 1 aromatic carbocycles. The number of aryl methyl sites for hydroxylation is 1. The summed E-state index contributed by atoms with van der Waals surface area (Å²) in [5, 5.41) is 3.43. The Labute approximate surface area is 119 Å². The largest absolute Gasteiger partial charge is 0.493 e. The molecule has 1 N–H and O–H groups in total. The van der Waals surface area contributed by atoms with Crippen LogP contribution in [0, 0.1) is 6.92 Å². The minimum absolute atomic E-state index is 0.151. The third kappa shape index (κ3) is 3.20. The van der Waals surface area contributed by atoms with Crippen molar-refractivity contribution < 1.29 is 9.47 Å². The van der Waals surface area contributed by atoms with Crippen molar-refractivity contribution >= 4 is 5.69 Å². The first-order chi connectivity index (χ1) is 9.63. The quantitative estimate of drug-likeness (QED) is 0.903. The lowest BCUT2D eigenvalue weighted by Crippen LogP contribution is -2.07. The zero-order valence-corrected chi connectivity index (χ0v) is 12.3. The first kappa shape index (κ1) is 14.2. The Morgan fingerprint density at radius 1 is 1.05 bits per heavy atom. The molecule has 4 nitrogen and oxygen atoms in total. The summed E-state index contributed by atoms with van der Waals surface area (Å²) in [6, 6.07) is 8.16. The Kier molecular flexibility index (Phi) is 4.45. The van der Waals surface area contributed by atoms with Crippen molar-refractivity contribution in [2.24, 2.45) is 0 Å². The lowest BCUT2D eigenvalue weighted by Gasteiger charge is -2.17. The first-order valence-corrected chi connectivity index (χ1v) is 6.54. The van der Waals surface area contributed by atoms with Gasteiger partial charge in [0.05, 0.1) is 19.9 Å². The molecule has 0 spiro atoms. The highest BCUT2D eigenvalue weighted by Gasteiger charge is 2.10. The second-order valence-corrected chi connectivity index (χ2v) is 4.73. The molecule has 106 valence electrons. The number of nitrogens with one attached hydrogen (secondary N) is 1. The number of methoxy groups -OCH3 is 2. The van der Waals surface area contributed by atoms with E-state index >= 15 is 0 Å². The number of hydrogen-bond acceptors (Lipinski definition) is 4. The molecule has 0 fully saturated rings. The fourth-order valence-corrected chi connectivity index (χ4v) is 2.09. The number of nitrogens with zero attached hydrogens (tertiary/aromatic N) is 1.